The molecule has 1 aliphatic rings. The average molecular weight is 552 g/mol. The molecule has 0 saturated carbocycles. The summed E-state index contributed by atoms with van der Waals surface area (Å²) >= 11 is 0. The SMILES string of the molecule is O=C(Cc1c[nH]cn1)N1CCC(OCc2cc(F)cc(C(F)(F)F)c2)C(C(c2ccccc2)c2ccccc2)C1. The minimum atomic E-state index is -4.66. The molecule has 3 aromatic carbocycles. The van der Waals surface area contributed by atoms with Gasteiger partial charge in [-0.1, -0.05) is 60.7 Å². The van der Waals surface area contributed by atoms with Crippen LogP contribution < -0.4 is 0 Å². The summed E-state index contributed by atoms with van der Waals surface area (Å²) in [7, 11) is 0. The first-order chi connectivity index (χ1) is 19.3. The Kier molecular flexibility index (Phi) is 8.30. The first-order valence-electron chi connectivity index (χ1n) is 13.1. The number of hydrogen-bond acceptors (Lipinski definition) is 3. The van der Waals surface area contributed by atoms with Crippen molar-refractivity contribution in [3.63, 3.8) is 0 Å². The topological polar surface area (TPSA) is 58.2 Å². The van der Waals surface area contributed by atoms with Crippen LogP contribution in [0.25, 0.3) is 0 Å². The molecule has 5 rings (SSSR count). The second kappa shape index (κ2) is 12.0. The van der Waals surface area contributed by atoms with Crippen LogP contribution in [-0.2, 0) is 28.7 Å². The van der Waals surface area contributed by atoms with Crippen LogP contribution in [0.3, 0.4) is 0 Å². The van der Waals surface area contributed by atoms with Crippen LogP contribution >= 0.6 is 0 Å². The van der Waals surface area contributed by atoms with Crippen LogP contribution in [0.2, 0.25) is 0 Å². The maximum atomic E-state index is 14.1. The summed E-state index contributed by atoms with van der Waals surface area (Å²) in [4.78, 5) is 22.1. The quantitative estimate of drug-likeness (QED) is 0.259. The highest BCUT2D eigenvalue weighted by molar-refractivity contribution is 5.78. The number of nitrogens with one attached hydrogen (secondary N) is 1. The molecule has 1 aliphatic heterocycles. The van der Waals surface area contributed by atoms with Gasteiger partial charge in [-0.25, -0.2) is 9.37 Å². The zero-order chi connectivity index (χ0) is 28.1. The van der Waals surface area contributed by atoms with Gasteiger partial charge in [0.05, 0.1) is 36.7 Å². The van der Waals surface area contributed by atoms with Gasteiger partial charge in [0.2, 0.25) is 5.91 Å². The number of likely N-dealkylation sites (tertiary alicyclic amines) is 1. The average Bonchev–Trinajstić information content (AvgIpc) is 3.46. The Morgan fingerprint density at radius 2 is 1.70 bits per heavy atom. The van der Waals surface area contributed by atoms with Crippen LogP contribution in [0.1, 0.15) is 40.3 Å². The molecule has 1 aromatic heterocycles. The number of halogens is 4. The third kappa shape index (κ3) is 6.59. The second-order valence-corrected chi connectivity index (χ2v) is 10.0. The summed E-state index contributed by atoms with van der Waals surface area (Å²) in [5, 5.41) is 0. The van der Waals surface area contributed by atoms with Crippen molar-refractivity contribution in [3.8, 4) is 0 Å². The number of nitrogens with zero attached hydrogens (tertiary/aromatic N) is 2. The van der Waals surface area contributed by atoms with Gasteiger partial charge in [0.25, 0.3) is 0 Å². The number of carbonyl (C=O) groups is 1. The maximum absolute atomic E-state index is 14.1. The molecule has 2 heterocycles. The van der Waals surface area contributed by atoms with Crippen molar-refractivity contribution in [1.82, 2.24) is 14.9 Å². The fraction of sp³-hybridized carbons (Fsp3) is 0.290. The van der Waals surface area contributed by atoms with E-state index < -0.39 is 23.7 Å². The number of amides is 1. The molecule has 1 saturated heterocycles. The van der Waals surface area contributed by atoms with E-state index in [4.69, 9.17) is 4.74 Å². The van der Waals surface area contributed by atoms with Crippen molar-refractivity contribution in [1.29, 1.82) is 0 Å². The van der Waals surface area contributed by atoms with Gasteiger partial charge in [0.15, 0.2) is 0 Å². The smallest absolute Gasteiger partial charge is 0.373 e. The zero-order valence-corrected chi connectivity index (χ0v) is 21.7. The van der Waals surface area contributed by atoms with Gasteiger partial charge in [-0.05, 0) is 41.3 Å². The minimum Gasteiger partial charge on any atom is -0.373 e. The van der Waals surface area contributed by atoms with E-state index in [1.165, 1.54) is 6.33 Å². The molecule has 0 spiro atoms. The predicted octanol–water partition coefficient (Wildman–Crippen LogP) is 6.38. The van der Waals surface area contributed by atoms with Crippen molar-refractivity contribution in [2.75, 3.05) is 13.1 Å². The van der Waals surface area contributed by atoms with Crippen LogP contribution in [-0.4, -0.2) is 40.0 Å². The highest BCUT2D eigenvalue weighted by Gasteiger charge is 2.39. The van der Waals surface area contributed by atoms with E-state index in [1.54, 1.807) is 6.20 Å². The van der Waals surface area contributed by atoms with Crippen molar-refractivity contribution < 1.29 is 27.1 Å². The Balaban J connectivity index is 1.45. The Hall–Kier alpha value is -3.98. The molecule has 0 radical (unpaired) electrons. The predicted molar refractivity (Wildman–Crippen MR) is 142 cm³/mol. The van der Waals surface area contributed by atoms with Crippen molar-refractivity contribution in [3.05, 3.63) is 125 Å². The zero-order valence-electron chi connectivity index (χ0n) is 21.7. The number of ether oxygens (including phenoxy) is 1. The monoisotopic (exact) mass is 551 g/mol. The Bertz CT molecular complexity index is 1360. The largest absolute Gasteiger partial charge is 0.416 e. The van der Waals surface area contributed by atoms with Crippen LogP contribution in [0.15, 0.2) is 91.4 Å². The van der Waals surface area contributed by atoms with Gasteiger partial charge in [-0.15, -0.1) is 0 Å². The van der Waals surface area contributed by atoms with Gasteiger partial charge < -0.3 is 14.6 Å². The van der Waals surface area contributed by atoms with E-state index >= 15 is 0 Å². The van der Waals surface area contributed by atoms with Crippen LogP contribution in [0.5, 0.6) is 0 Å². The summed E-state index contributed by atoms with van der Waals surface area (Å²) in [6.07, 6.45) is -1.19. The molecule has 208 valence electrons. The number of benzene rings is 3. The highest BCUT2D eigenvalue weighted by Crippen LogP contribution is 2.39. The van der Waals surface area contributed by atoms with Gasteiger partial charge in [-0.2, -0.15) is 13.2 Å². The molecule has 2 unspecified atom stereocenters. The van der Waals surface area contributed by atoms with Crippen molar-refractivity contribution in [2.45, 2.75) is 37.6 Å². The molecular weight excluding hydrogens is 522 g/mol. The number of aromatic amines is 1. The Morgan fingerprint density at radius 3 is 2.30 bits per heavy atom. The van der Waals surface area contributed by atoms with E-state index in [2.05, 4.69) is 9.97 Å². The molecule has 0 aliphatic carbocycles. The lowest BCUT2D eigenvalue weighted by molar-refractivity contribution is -0.137. The van der Waals surface area contributed by atoms with E-state index in [1.807, 2.05) is 65.6 Å². The normalized spacial score (nSPS) is 17.8. The molecule has 1 N–H and O–H groups in total. The lowest BCUT2D eigenvalue weighted by Crippen LogP contribution is -2.49. The number of piperidine rings is 1. The molecule has 4 aromatic rings. The molecule has 1 fully saturated rings. The first kappa shape index (κ1) is 27.6. The molecule has 40 heavy (non-hydrogen) atoms. The van der Waals surface area contributed by atoms with E-state index in [0.717, 1.165) is 23.3 Å². The number of carbonyl (C=O) groups excluding carboxylic acids is 1. The van der Waals surface area contributed by atoms with Gasteiger partial charge in [0, 0.05) is 31.1 Å². The van der Waals surface area contributed by atoms with Crippen molar-refractivity contribution in [2.24, 2.45) is 5.92 Å². The van der Waals surface area contributed by atoms with E-state index in [-0.39, 0.29) is 36.3 Å². The lowest BCUT2D eigenvalue weighted by Gasteiger charge is -2.42. The van der Waals surface area contributed by atoms with E-state index in [9.17, 15) is 22.4 Å². The van der Waals surface area contributed by atoms with E-state index in [0.29, 0.717) is 31.3 Å². The fourth-order valence-corrected chi connectivity index (χ4v) is 5.48. The van der Waals surface area contributed by atoms with Crippen molar-refractivity contribution >= 4 is 5.91 Å². The molecule has 1 amide bonds. The maximum Gasteiger partial charge on any atom is 0.416 e. The molecule has 5 nitrogen and oxygen atoms in total. The molecule has 2 atom stereocenters. The van der Waals surface area contributed by atoms with Crippen LogP contribution in [0.4, 0.5) is 17.6 Å². The summed E-state index contributed by atoms with van der Waals surface area (Å²) in [5.74, 6) is -1.38. The lowest BCUT2D eigenvalue weighted by atomic mass is 9.75. The van der Waals surface area contributed by atoms with Crippen LogP contribution in [0, 0.1) is 11.7 Å². The van der Waals surface area contributed by atoms with Gasteiger partial charge in [-0.3, -0.25) is 4.79 Å². The molecule has 0 bridgehead atoms. The summed E-state index contributed by atoms with van der Waals surface area (Å²) in [6.45, 7) is 0.635. The Labute approximate surface area is 229 Å². The third-order valence-electron chi connectivity index (χ3n) is 7.33. The number of aromatic nitrogens is 2. The minimum absolute atomic E-state index is 0.0598. The number of alkyl halides is 3. The number of H-pyrrole nitrogens is 1. The standard InChI is InChI=1S/C31H29F4N3O2/c32-25-14-21(13-24(15-25)31(33,34)35)19-40-28-11-12-38(29(39)16-26-17-36-20-37-26)18-27(28)30(22-7-3-1-4-8-22)23-9-5-2-6-10-23/h1-10,13-15,17,20,27-28,30H,11-12,16,18-19H2,(H,36,37). The summed E-state index contributed by atoms with van der Waals surface area (Å²) < 4.78 is 60.2. The molecule has 9 heteroatoms. The number of hydrogen-bond donors (Lipinski definition) is 1. The second-order valence-electron chi connectivity index (χ2n) is 10.0. The number of rotatable bonds is 8. The third-order valence-corrected chi connectivity index (χ3v) is 7.33. The Morgan fingerprint density at radius 1 is 1.02 bits per heavy atom. The number of imidazole rings is 1. The molecular formula is C31H29F4N3O2. The van der Waals surface area contributed by atoms with Gasteiger partial charge >= 0.3 is 6.18 Å². The van der Waals surface area contributed by atoms with Gasteiger partial charge in [0.1, 0.15) is 5.82 Å². The summed E-state index contributed by atoms with van der Waals surface area (Å²) in [6, 6.07) is 22.3. The summed E-state index contributed by atoms with van der Waals surface area (Å²) in [5.41, 5.74) is 1.79. The first-order valence-corrected chi connectivity index (χ1v) is 13.1. The fourth-order valence-electron chi connectivity index (χ4n) is 5.48. The highest BCUT2D eigenvalue weighted by atomic mass is 19.4.